The maximum atomic E-state index is 14.2. The van der Waals surface area contributed by atoms with Crippen molar-refractivity contribution in [2.75, 3.05) is 11.4 Å². The monoisotopic (exact) mass is 471 g/mol. The highest BCUT2D eigenvalue weighted by molar-refractivity contribution is 6.04. The number of carbonyl (C=O) groups excluding carboxylic acids is 2. The van der Waals surface area contributed by atoms with Crippen LogP contribution in [0.2, 0.25) is 0 Å². The second-order valence-corrected chi connectivity index (χ2v) is 10.4. The van der Waals surface area contributed by atoms with E-state index < -0.39 is 12.1 Å². The molecule has 35 heavy (non-hydrogen) atoms. The number of aromatic nitrogens is 1. The molecule has 3 aliphatic rings. The molecule has 2 saturated carbocycles. The molecule has 2 aromatic rings. The van der Waals surface area contributed by atoms with Crippen LogP contribution in [0.5, 0.6) is 0 Å². The van der Waals surface area contributed by atoms with Gasteiger partial charge in [-0.1, -0.05) is 38.0 Å². The van der Waals surface area contributed by atoms with Crippen LogP contribution in [0.25, 0.3) is 0 Å². The van der Waals surface area contributed by atoms with Gasteiger partial charge in [-0.2, -0.15) is 5.26 Å². The molecule has 7 nitrogen and oxygen atoms in total. The molecule has 2 amide bonds. The Bertz CT molecular complexity index is 1090. The van der Waals surface area contributed by atoms with Crippen molar-refractivity contribution in [2.45, 2.75) is 75.9 Å². The molecule has 0 bridgehead atoms. The summed E-state index contributed by atoms with van der Waals surface area (Å²) in [6, 6.07) is 10.4. The fourth-order valence-electron chi connectivity index (χ4n) is 5.58. The standard InChI is InChI=1S/C28H33N5O2/c1-19-15-25(32(17-19)18-29)28(35)33(24-12-10-21(11-13-24)20-8-9-20)26(22-5-4-14-30-16-22)27(34)31-23-6-2-3-7-23/h4-5,10-14,16,19-20,23,25-26H,2-3,6-9,15,17H2,1H3,(H,31,34)/t19-,25-,26-/m1/s1. The Morgan fingerprint density at radius 1 is 1.14 bits per heavy atom. The first-order valence-corrected chi connectivity index (χ1v) is 12.8. The van der Waals surface area contributed by atoms with Crippen LogP contribution in [-0.2, 0) is 9.59 Å². The van der Waals surface area contributed by atoms with Crippen molar-refractivity contribution in [2.24, 2.45) is 5.92 Å². The van der Waals surface area contributed by atoms with Gasteiger partial charge in [-0.3, -0.25) is 24.4 Å². The van der Waals surface area contributed by atoms with Crippen molar-refractivity contribution in [3.8, 4) is 6.19 Å². The molecule has 0 radical (unpaired) electrons. The molecule has 1 aromatic heterocycles. The van der Waals surface area contributed by atoms with Crippen molar-refractivity contribution in [3.05, 3.63) is 59.9 Å². The van der Waals surface area contributed by atoms with Gasteiger partial charge in [0, 0.05) is 36.2 Å². The number of carbonyl (C=O) groups is 2. The number of hydrogen-bond acceptors (Lipinski definition) is 5. The zero-order valence-corrected chi connectivity index (χ0v) is 20.3. The third kappa shape index (κ3) is 5.02. The Balaban J connectivity index is 1.55. The molecule has 1 aromatic carbocycles. The number of pyridine rings is 1. The number of anilines is 1. The fraction of sp³-hybridized carbons (Fsp3) is 0.500. The lowest BCUT2D eigenvalue weighted by Gasteiger charge is -2.35. The van der Waals surface area contributed by atoms with Crippen LogP contribution in [0.1, 0.15) is 75.0 Å². The minimum Gasteiger partial charge on any atom is -0.351 e. The molecule has 1 N–H and O–H groups in total. The minimum atomic E-state index is -0.861. The van der Waals surface area contributed by atoms with Gasteiger partial charge in [-0.15, -0.1) is 0 Å². The number of nitrogens with zero attached hydrogens (tertiary/aromatic N) is 4. The summed E-state index contributed by atoms with van der Waals surface area (Å²) in [6.45, 7) is 2.60. The first-order valence-electron chi connectivity index (χ1n) is 12.8. The lowest BCUT2D eigenvalue weighted by Crippen LogP contribution is -2.51. The average Bonchev–Trinajstić information content (AvgIpc) is 3.47. The molecular weight excluding hydrogens is 438 g/mol. The molecule has 0 unspecified atom stereocenters. The Labute approximate surface area is 207 Å². The summed E-state index contributed by atoms with van der Waals surface area (Å²) in [4.78, 5) is 35.4. The normalized spacial score (nSPS) is 23.0. The molecule has 1 aliphatic heterocycles. The number of rotatable bonds is 7. The summed E-state index contributed by atoms with van der Waals surface area (Å²) in [5.41, 5.74) is 2.60. The fourth-order valence-corrected chi connectivity index (χ4v) is 5.58. The summed E-state index contributed by atoms with van der Waals surface area (Å²) in [5, 5.41) is 12.9. The van der Waals surface area contributed by atoms with Gasteiger partial charge in [0.15, 0.2) is 6.19 Å². The Kier molecular flexibility index (Phi) is 6.72. The highest BCUT2D eigenvalue weighted by atomic mass is 16.2. The Morgan fingerprint density at radius 2 is 1.89 bits per heavy atom. The topological polar surface area (TPSA) is 89.3 Å². The third-order valence-corrected chi connectivity index (χ3v) is 7.59. The summed E-state index contributed by atoms with van der Waals surface area (Å²) in [6.07, 6.45) is 12.6. The lowest BCUT2D eigenvalue weighted by molar-refractivity contribution is -0.128. The maximum absolute atomic E-state index is 14.2. The van der Waals surface area contributed by atoms with Gasteiger partial charge in [0.25, 0.3) is 5.91 Å². The van der Waals surface area contributed by atoms with E-state index in [0.717, 1.165) is 25.7 Å². The smallest absolute Gasteiger partial charge is 0.251 e. The van der Waals surface area contributed by atoms with E-state index in [1.54, 1.807) is 28.3 Å². The number of nitrogens with one attached hydrogen (secondary N) is 1. The zero-order chi connectivity index (χ0) is 24.4. The van der Waals surface area contributed by atoms with Gasteiger partial charge >= 0.3 is 0 Å². The van der Waals surface area contributed by atoms with E-state index in [1.165, 1.54) is 18.4 Å². The first kappa shape index (κ1) is 23.3. The Morgan fingerprint density at radius 3 is 2.51 bits per heavy atom. The van der Waals surface area contributed by atoms with Crippen LogP contribution in [0.15, 0.2) is 48.8 Å². The van der Waals surface area contributed by atoms with Crippen LogP contribution in [-0.4, -0.2) is 40.3 Å². The second kappa shape index (κ2) is 10.1. The SMILES string of the molecule is C[C@@H]1C[C@H](C(=O)N(c2ccc(C3CC3)cc2)[C@@H](C(=O)NC2CCCC2)c2cccnc2)N(C#N)C1. The Hall–Kier alpha value is -3.40. The predicted octanol–water partition coefficient (Wildman–Crippen LogP) is 4.28. The molecule has 2 aliphatic carbocycles. The quantitative estimate of drug-likeness (QED) is 0.609. The van der Waals surface area contributed by atoms with E-state index >= 15 is 0 Å². The maximum Gasteiger partial charge on any atom is 0.251 e. The third-order valence-electron chi connectivity index (χ3n) is 7.59. The zero-order valence-electron chi connectivity index (χ0n) is 20.3. The molecular formula is C28H33N5O2. The molecule has 3 atom stereocenters. The van der Waals surface area contributed by atoms with E-state index in [4.69, 9.17) is 0 Å². The van der Waals surface area contributed by atoms with Crippen LogP contribution >= 0.6 is 0 Å². The van der Waals surface area contributed by atoms with Crippen molar-refractivity contribution in [1.29, 1.82) is 5.26 Å². The van der Waals surface area contributed by atoms with Gasteiger partial charge in [0.05, 0.1) is 0 Å². The van der Waals surface area contributed by atoms with Crippen molar-refractivity contribution < 1.29 is 9.59 Å². The molecule has 0 spiro atoms. The highest BCUT2D eigenvalue weighted by Crippen LogP contribution is 2.41. The van der Waals surface area contributed by atoms with Crippen molar-refractivity contribution >= 4 is 17.5 Å². The van der Waals surface area contributed by atoms with E-state index in [-0.39, 0.29) is 23.8 Å². The van der Waals surface area contributed by atoms with Gasteiger partial charge in [-0.05, 0) is 67.7 Å². The van der Waals surface area contributed by atoms with Gasteiger partial charge < -0.3 is 5.32 Å². The molecule has 3 fully saturated rings. The van der Waals surface area contributed by atoms with Gasteiger partial charge in [-0.25, -0.2) is 0 Å². The molecule has 7 heteroatoms. The largest absolute Gasteiger partial charge is 0.351 e. The highest BCUT2D eigenvalue weighted by Gasteiger charge is 2.42. The van der Waals surface area contributed by atoms with Crippen molar-refractivity contribution in [3.63, 3.8) is 0 Å². The molecule has 1 saturated heterocycles. The number of nitriles is 1. The van der Waals surface area contributed by atoms with Crippen LogP contribution in [0.3, 0.4) is 0 Å². The van der Waals surface area contributed by atoms with E-state index in [0.29, 0.717) is 30.1 Å². The van der Waals surface area contributed by atoms with Crippen molar-refractivity contribution in [1.82, 2.24) is 15.2 Å². The van der Waals surface area contributed by atoms with E-state index in [2.05, 4.69) is 35.6 Å². The van der Waals surface area contributed by atoms with E-state index in [1.807, 2.05) is 18.2 Å². The summed E-state index contributed by atoms with van der Waals surface area (Å²) >= 11 is 0. The van der Waals surface area contributed by atoms with Crippen LogP contribution in [0, 0.1) is 17.4 Å². The molecule has 5 rings (SSSR count). The number of hydrogen-bond donors (Lipinski definition) is 1. The number of likely N-dealkylation sites (tertiary alicyclic amines) is 1. The first-order chi connectivity index (χ1) is 17.0. The molecule has 182 valence electrons. The number of benzene rings is 1. The van der Waals surface area contributed by atoms with Crippen LogP contribution < -0.4 is 10.2 Å². The minimum absolute atomic E-state index is 0.123. The average molecular weight is 472 g/mol. The van der Waals surface area contributed by atoms with Gasteiger partial charge in [0.1, 0.15) is 12.1 Å². The predicted molar refractivity (Wildman–Crippen MR) is 133 cm³/mol. The van der Waals surface area contributed by atoms with Gasteiger partial charge in [0.2, 0.25) is 5.91 Å². The number of amides is 2. The summed E-state index contributed by atoms with van der Waals surface area (Å²) in [7, 11) is 0. The van der Waals surface area contributed by atoms with E-state index in [9.17, 15) is 14.9 Å². The summed E-state index contributed by atoms with van der Waals surface area (Å²) in [5.74, 6) is 0.411. The molecule has 2 heterocycles. The summed E-state index contributed by atoms with van der Waals surface area (Å²) < 4.78 is 0. The lowest BCUT2D eigenvalue weighted by atomic mass is 10.0. The van der Waals surface area contributed by atoms with Crippen LogP contribution in [0.4, 0.5) is 5.69 Å². The second-order valence-electron chi connectivity index (χ2n) is 10.4.